The maximum absolute atomic E-state index is 12.4. The first kappa shape index (κ1) is 16.0. The second-order valence-electron chi connectivity index (χ2n) is 6.90. The summed E-state index contributed by atoms with van der Waals surface area (Å²) in [6, 6.07) is 4.36. The molecule has 1 aliphatic carbocycles. The number of hydrogen-bond acceptors (Lipinski definition) is 3. The zero-order chi connectivity index (χ0) is 15.4. The van der Waals surface area contributed by atoms with Crippen LogP contribution in [0, 0.1) is 12.8 Å². The van der Waals surface area contributed by atoms with Gasteiger partial charge in [-0.25, -0.2) is 0 Å². The van der Waals surface area contributed by atoms with E-state index in [9.17, 15) is 4.79 Å². The molecule has 2 fully saturated rings. The lowest BCUT2D eigenvalue weighted by molar-refractivity contribution is 0.0881. The second-order valence-corrected chi connectivity index (χ2v) is 8.18. The first-order valence-electron chi connectivity index (χ1n) is 8.82. The summed E-state index contributed by atoms with van der Waals surface area (Å²) in [4.78, 5) is 17.1. The molecule has 22 heavy (non-hydrogen) atoms. The number of likely N-dealkylation sites (tertiary alicyclic amines) is 1. The van der Waals surface area contributed by atoms with Crippen LogP contribution in [-0.2, 0) is 0 Å². The van der Waals surface area contributed by atoms with E-state index in [1.807, 2.05) is 12.1 Å². The first-order chi connectivity index (χ1) is 10.7. The van der Waals surface area contributed by atoms with Gasteiger partial charge < -0.3 is 10.2 Å². The second kappa shape index (κ2) is 7.60. The van der Waals surface area contributed by atoms with Crippen molar-refractivity contribution in [2.75, 3.05) is 19.6 Å². The van der Waals surface area contributed by atoms with Crippen molar-refractivity contribution in [2.24, 2.45) is 5.92 Å². The van der Waals surface area contributed by atoms with E-state index in [2.05, 4.69) is 17.1 Å². The van der Waals surface area contributed by atoms with Crippen LogP contribution in [0.1, 0.15) is 59.5 Å². The number of nitrogens with one attached hydrogen (secondary N) is 1. The van der Waals surface area contributed by atoms with Gasteiger partial charge in [0.25, 0.3) is 5.91 Å². The Morgan fingerprint density at radius 1 is 1.18 bits per heavy atom. The number of carbonyl (C=O) groups is 1. The molecule has 4 heteroatoms. The van der Waals surface area contributed by atoms with Gasteiger partial charge in [-0.1, -0.05) is 19.3 Å². The fraction of sp³-hybridized carbons (Fsp3) is 0.722. The van der Waals surface area contributed by atoms with Crippen molar-refractivity contribution in [1.29, 1.82) is 0 Å². The van der Waals surface area contributed by atoms with E-state index < -0.39 is 0 Å². The van der Waals surface area contributed by atoms with E-state index in [1.54, 1.807) is 11.3 Å². The minimum absolute atomic E-state index is 0.133. The van der Waals surface area contributed by atoms with Crippen LogP contribution >= 0.6 is 11.3 Å². The third-order valence-electron chi connectivity index (χ3n) is 5.13. The number of hydrogen-bond donors (Lipinski definition) is 1. The third kappa shape index (κ3) is 4.11. The molecular weight excluding hydrogens is 292 g/mol. The predicted octanol–water partition coefficient (Wildman–Crippen LogP) is 3.83. The van der Waals surface area contributed by atoms with Crippen molar-refractivity contribution in [3.05, 3.63) is 21.9 Å². The highest BCUT2D eigenvalue weighted by Crippen LogP contribution is 2.27. The van der Waals surface area contributed by atoms with Crippen molar-refractivity contribution >= 4 is 17.2 Å². The maximum Gasteiger partial charge on any atom is 0.261 e. The smallest absolute Gasteiger partial charge is 0.261 e. The molecule has 1 saturated carbocycles. The van der Waals surface area contributed by atoms with Crippen molar-refractivity contribution in [3.8, 4) is 0 Å². The van der Waals surface area contributed by atoms with Gasteiger partial charge >= 0.3 is 0 Å². The van der Waals surface area contributed by atoms with Gasteiger partial charge in [-0.2, -0.15) is 0 Å². The molecule has 0 radical (unpaired) electrons. The Hall–Kier alpha value is -0.870. The number of aryl methyl sites for hydroxylation is 1. The van der Waals surface area contributed by atoms with Gasteiger partial charge in [-0.3, -0.25) is 4.79 Å². The molecule has 1 aromatic rings. The molecule has 1 amide bonds. The Bertz CT molecular complexity index is 493. The van der Waals surface area contributed by atoms with Gasteiger partial charge in [-0.15, -0.1) is 11.3 Å². The van der Waals surface area contributed by atoms with Gasteiger partial charge in [0.15, 0.2) is 0 Å². The minimum atomic E-state index is 0.133. The average molecular weight is 321 g/mol. The molecule has 3 nitrogen and oxygen atoms in total. The van der Waals surface area contributed by atoms with Crippen LogP contribution in [0.15, 0.2) is 12.1 Å². The van der Waals surface area contributed by atoms with E-state index in [0.717, 1.165) is 11.3 Å². The molecule has 1 aliphatic heterocycles. The lowest BCUT2D eigenvalue weighted by Gasteiger charge is -2.37. The molecule has 0 aromatic carbocycles. The Balaban J connectivity index is 1.58. The van der Waals surface area contributed by atoms with E-state index in [4.69, 9.17) is 0 Å². The maximum atomic E-state index is 12.4. The average Bonchev–Trinajstić information content (AvgIpc) is 2.97. The monoisotopic (exact) mass is 320 g/mol. The Kier molecular flexibility index (Phi) is 5.53. The molecular formula is C18H28N2OS. The summed E-state index contributed by atoms with van der Waals surface area (Å²) in [6.45, 7) is 5.73. The van der Waals surface area contributed by atoms with Crippen LogP contribution in [0.25, 0.3) is 0 Å². The molecule has 2 atom stereocenters. The van der Waals surface area contributed by atoms with Gasteiger partial charge in [0.05, 0.1) is 4.88 Å². The summed E-state index contributed by atoms with van der Waals surface area (Å²) in [7, 11) is 0. The van der Waals surface area contributed by atoms with Crippen molar-refractivity contribution in [1.82, 2.24) is 10.2 Å². The van der Waals surface area contributed by atoms with Crippen molar-refractivity contribution in [2.45, 2.75) is 57.9 Å². The molecule has 2 heterocycles. The van der Waals surface area contributed by atoms with Gasteiger partial charge in [-0.05, 0) is 63.7 Å². The molecule has 0 bridgehead atoms. The summed E-state index contributed by atoms with van der Waals surface area (Å²) in [5.41, 5.74) is 0. The lowest BCUT2D eigenvalue weighted by atomic mass is 9.83. The van der Waals surface area contributed by atoms with Crippen molar-refractivity contribution in [3.63, 3.8) is 0 Å². The normalized spacial score (nSPS) is 26.8. The lowest BCUT2D eigenvalue weighted by Crippen LogP contribution is -2.47. The molecule has 3 rings (SSSR count). The molecule has 1 aromatic heterocycles. The number of amides is 1. The first-order valence-corrected chi connectivity index (χ1v) is 9.63. The number of carbonyl (C=O) groups excluding carboxylic acids is 1. The van der Waals surface area contributed by atoms with Crippen LogP contribution in [0.3, 0.4) is 0 Å². The van der Waals surface area contributed by atoms with Crippen LogP contribution in [0.2, 0.25) is 0 Å². The van der Waals surface area contributed by atoms with Gasteiger partial charge in [0, 0.05) is 17.5 Å². The molecule has 1 saturated heterocycles. The minimum Gasteiger partial charge on any atom is -0.348 e. The Morgan fingerprint density at radius 2 is 1.95 bits per heavy atom. The van der Waals surface area contributed by atoms with Crippen LogP contribution in [0.4, 0.5) is 0 Å². The zero-order valence-electron chi connectivity index (χ0n) is 13.6. The summed E-state index contributed by atoms with van der Waals surface area (Å²) in [6.07, 6.45) is 9.07. The Morgan fingerprint density at radius 3 is 2.68 bits per heavy atom. The van der Waals surface area contributed by atoms with E-state index in [-0.39, 0.29) is 5.91 Å². The summed E-state index contributed by atoms with van der Waals surface area (Å²) >= 11 is 1.60. The molecule has 0 spiro atoms. The molecule has 0 unspecified atom stereocenters. The largest absolute Gasteiger partial charge is 0.348 e. The molecule has 2 aliphatic rings. The zero-order valence-corrected chi connectivity index (χ0v) is 14.5. The molecule has 1 N–H and O–H groups in total. The topological polar surface area (TPSA) is 32.3 Å². The van der Waals surface area contributed by atoms with E-state index >= 15 is 0 Å². The Labute approximate surface area is 138 Å². The fourth-order valence-electron chi connectivity index (χ4n) is 3.89. The van der Waals surface area contributed by atoms with Gasteiger partial charge in [0.1, 0.15) is 0 Å². The highest BCUT2D eigenvalue weighted by atomic mass is 32.1. The quantitative estimate of drug-likeness (QED) is 0.914. The van der Waals surface area contributed by atoms with Crippen LogP contribution in [-0.4, -0.2) is 36.5 Å². The van der Waals surface area contributed by atoms with Crippen LogP contribution in [0.5, 0.6) is 0 Å². The highest BCUT2D eigenvalue weighted by molar-refractivity contribution is 7.13. The fourth-order valence-corrected chi connectivity index (χ4v) is 4.66. The number of rotatable bonds is 4. The SMILES string of the molecule is Cc1ccc(C(=O)N[C@@H]2CCCC[C@H]2CN2CCCCC2)s1. The number of piperidine rings is 1. The van der Waals surface area contributed by atoms with Crippen molar-refractivity contribution < 1.29 is 4.79 Å². The number of thiophene rings is 1. The summed E-state index contributed by atoms with van der Waals surface area (Å²) < 4.78 is 0. The predicted molar refractivity (Wildman–Crippen MR) is 92.6 cm³/mol. The highest BCUT2D eigenvalue weighted by Gasteiger charge is 2.29. The van der Waals surface area contributed by atoms with Gasteiger partial charge in [0.2, 0.25) is 0 Å². The molecule has 122 valence electrons. The van der Waals surface area contributed by atoms with E-state index in [0.29, 0.717) is 12.0 Å². The summed E-state index contributed by atoms with van der Waals surface area (Å²) in [5.74, 6) is 0.769. The van der Waals surface area contributed by atoms with E-state index in [1.165, 1.54) is 63.0 Å². The standard InChI is InChI=1S/C18H28N2OS/c1-14-9-10-17(22-14)18(21)19-16-8-4-3-7-15(16)13-20-11-5-2-6-12-20/h9-10,15-16H,2-8,11-13H2,1H3,(H,19,21)/t15-,16+/m0/s1. The third-order valence-corrected chi connectivity index (χ3v) is 6.13. The summed E-state index contributed by atoms with van der Waals surface area (Å²) in [5, 5.41) is 3.33. The van der Waals surface area contributed by atoms with Crippen LogP contribution < -0.4 is 5.32 Å². The number of nitrogens with zero attached hydrogens (tertiary/aromatic N) is 1.